The molecular formula is C16H22Cl2N2O. The van der Waals surface area contributed by atoms with Gasteiger partial charge in [0.25, 0.3) is 0 Å². The van der Waals surface area contributed by atoms with Crippen molar-refractivity contribution < 1.29 is 4.79 Å². The molecule has 2 rings (SSSR count). The molecule has 116 valence electrons. The number of halogens is 2. The van der Waals surface area contributed by atoms with Gasteiger partial charge in [0.15, 0.2) is 0 Å². The van der Waals surface area contributed by atoms with E-state index in [-0.39, 0.29) is 11.9 Å². The summed E-state index contributed by atoms with van der Waals surface area (Å²) >= 11 is 12.0. The van der Waals surface area contributed by atoms with Crippen molar-refractivity contribution in [3.63, 3.8) is 0 Å². The number of amides is 1. The second kappa shape index (κ2) is 8.02. The third-order valence-electron chi connectivity index (χ3n) is 4.19. The van der Waals surface area contributed by atoms with Crippen LogP contribution in [-0.2, 0) is 11.2 Å². The molecule has 2 atom stereocenters. The Morgan fingerprint density at radius 2 is 2.05 bits per heavy atom. The summed E-state index contributed by atoms with van der Waals surface area (Å²) in [6, 6.07) is 5.62. The lowest BCUT2D eigenvalue weighted by Crippen LogP contribution is -2.44. The number of rotatable bonds is 5. The Kier molecular flexibility index (Phi) is 6.34. The van der Waals surface area contributed by atoms with Gasteiger partial charge in [0, 0.05) is 22.5 Å². The van der Waals surface area contributed by atoms with E-state index in [1.807, 2.05) is 6.07 Å². The first kappa shape index (κ1) is 16.6. The monoisotopic (exact) mass is 328 g/mol. The second-order valence-corrected chi connectivity index (χ2v) is 6.53. The summed E-state index contributed by atoms with van der Waals surface area (Å²) in [5, 5.41) is 4.36. The highest BCUT2D eigenvalue weighted by Crippen LogP contribution is 2.24. The molecule has 5 heteroatoms. The van der Waals surface area contributed by atoms with Crippen molar-refractivity contribution in [3.05, 3.63) is 33.8 Å². The number of hydrogen-bond donors (Lipinski definition) is 2. The lowest BCUT2D eigenvalue weighted by Gasteiger charge is -2.31. The van der Waals surface area contributed by atoms with E-state index in [0.29, 0.717) is 35.3 Å². The largest absolute Gasteiger partial charge is 0.353 e. The molecule has 0 spiro atoms. The Balaban J connectivity index is 1.84. The molecule has 21 heavy (non-hydrogen) atoms. The summed E-state index contributed by atoms with van der Waals surface area (Å²) in [4.78, 5) is 12.1. The zero-order chi connectivity index (χ0) is 15.2. The molecule has 1 aliphatic carbocycles. The maximum Gasteiger partial charge on any atom is 0.220 e. The van der Waals surface area contributed by atoms with Crippen molar-refractivity contribution in [1.82, 2.24) is 5.32 Å². The van der Waals surface area contributed by atoms with Crippen molar-refractivity contribution in [2.45, 2.75) is 44.6 Å². The van der Waals surface area contributed by atoms with Crippen LogP contribution < -0.4 is 11.1 Å². The first-order valence-corrected chi connectivity index (χ1v) is 8.29. The number of hydrogen-bond acceptors (Lipinski definition) is 2. The molecule has 1 aliphatic rings. The summed E-state index contributed by atoms with van der Waals surface area (Å²) in [6.07, 6.45) is 5.61. The molecule has 3 N–H and O–H groups in total. The Morgan fingerprint density at radius 3 is 2.76 bits per heavy atom. The molecule has 1 fully saturated rings. The first-order chi connectivity index (χ1) is 10.1. The normalized spacial score (nSPS) is 22.0. The molecule has 0 radical (unpaired) electrons. The molecule has 1 aromatic rings. The van der Waals surface area contributed by atoms with Crippen LogP contribution in [-0.4, -0.2) is 18.5 Å². The zero-order valence-electron chi connectivity index (χ0n) is 12.1. The Bertz CT molecular complexity index is 493. The Labute approximate surface area is 136 Å². The summed E-state index contributed by atoms with van der Waals surface area (Å²) in [5.74, 6) is 0.494. The van der Waals surface area contributed by atoms with Crippen molar-refractivity contribution in [1.29, 1.82) is 0 Å². The predicted octanol–water partition coefficient (Wildman–Crippen LogP) is 3.56. The summed E-state index contributed by atoms with van der Waals surface area (Å²) < 4.78 is 0. The molecule has 2 unspecified atom stereocenters. The van der Waals surface area contributed by atoms with E-state index >= 15 is 0 Å². The van der Waals surface area contributed by atoms with Crippen LogP contribution in [0.25, 0.3) is 0 Å². The number of benzene rings is 1. The maximum absolute atomic E-state index is 12.1. The molecule has 0 heterocycles. The lowest BCUT2D eigenvalue weighted by atomic mass is 9.84. The highest BCUT2D eigenvalue weighted by molar-refractivity contribution is 6.35. The molecule has 1 amide bonds. The Morgan fingerprint density at radius 1 is 1.29 bits per heavy atom. The van der Waals surface area contributed by atoms with E-state index in [4.69, 9.17) is 28.9 Å². The third kappa shape index (κ3) is 4.87. The molecule has 0 aromatic heterocycles. The minimum atomic E-state index is 0.0753. The predicted molar refractivity (Wildman–Crippen MR) is 87.7 cm³/mol. The van der Waals surface area contributed by atoms with Gasteiger partial charge in [-0.25, -0.2) is 0 Å². The smallest absolute Gasteiger partial charge is 0.220 e. The fraction of sp³-hybridized carbons (Fsp3) is 0.562. The topological polar surface area (TPSA) is 55.1 Å². The van der Waals surface area contributed by atoms with E-state index in [2.05, 4.69) is 5.32 Å². The van der Waals surface area contributed by atoms with E-state index in [9.17, 15) is 4.79 Å². The van der Waals surface area contributed by atoms with Crippen LogP contribution in [0.3, 0.4) is 0 Å². The molecule has 1 aromatic carbocycles. The van der Waals surface area contributed by atoms with Crippen molar-refractivity contribution in [2.24, 2.45) is 11.7 Å². The van der Waals surface area contributed by atoms with Gasteiger partial charge in [-0.05, 0) is 49.4 Å². The van der Waals surface area contributed by atoms with Crippen LogP contribution in [0.15, 0.2) is 18.2 Å². The Hall–Kier alpha value is -0.770. The van der Waals surface area contributed by atoms with Crippen LogP contribution in [0, 0.1) is 5.92 Å². The van der Waals surface area contributed by atoms with Crippen molar-refractivity contribution in [2.75, 3.05) is 6.54 Å². The number of nitrogens with one attached hydrogen (secondary N) is 1. The van der Waals surface area contributed by atoms with E-state index in [1.54, 1.807) is 12.1 Å². The number of carbonyl (C=O) groups is 1. The number of nitrogens with two attached hydrogens (primary N) is 1. The van der Waals surface area contributed by atoms with Crippen LogP contribution in [0.2, 0.25) is 10.0 Å². The fourth-order valence-corrected chi connectivity index (χ4v) is 3.43. The van der Waals surface area contributed by atoms with Gasteiger partial charge in [-0.1, -0.05) is 42.1 Å². The number of carbonyl (C=O) groups excluding carboxylic acids is 1. The standard InChI is InChI=1S/C16H22Cl2N2O/c17-13-7-5-11(14(18)9-13)6-8-16(21)20-15-4-2-1-3-12(15)10-19/h5,7,9,12,15H,1-4,6,8,10,19H2,(H,20,21). The van der Waals surface area contributed by atoms with E-state index in [0.717, 1.165) is 18.4 Å². The SMILES string of the molecule is NCC1CCCCC1NC(=O)CCc1ccc(Cl)cc1Cl. The van der Waals surface area contributed by atoms with Crippen molar-refractivity contribution in [3.8, 4) is 0 Å². The van der Waals surface area contributed by atoms with Gasteiger partial charge < -0.3 is 11.1 Å². The van der Waals surface area contributed by atoms with Crippen LogP contribution in [0.4, 0.5) is 0 Å². The highest BCUT2D eigenvalue weighted by Gasteiger charge is 2.25. The molecule has 1 saturated carbocycles. The van der Waals surface area contributed by atoms with Crippen LogP contribution in [0.1, 0.15) is 37.7 Å². The van der Waals surface area contributed by atoms with Gasteiger partial charge in [0.05, 0.1) is 0 Å². The van der Waals surface area contributed by atoms with Gasteiger partial charge in [-0.2, -0.15) is 0 Å². The molecule has 0 bridgehead atoms. The molecular weight excluding hydrogens is 307 g/mol. The first-order valence-electron chi connectivity index (χ1n) is 7.53. The third-order valence-corrected chi connectivity index (χ3v) is 4.78. The highest BCUT2D eigenvalue weighted by atomic mass is 35.5. The van der Waals surface area contributed by atoms with Gasteiger partial charge in [-0.15, -0.1) is 0 Å². The van der Waals surface area contributed by atoms with Gasteiger partial charge in [0.1, 0.15) is 0 Å². The van der Waals surface area contributed by atoms with Crippen LogP contribution >= 0.6 is 23.2 Å². The fourth-order valence-electron chi connectivity index (χ4n) is 2.93. The molecule has 0 aliphatic heterocycles. The second-order valence-electron chi connectivity index (χ2n) is 5.69. The zero-order valence-corrected chi connectivity index (χ0v) is 13.6. The minimum Gasteiger partial charge on any atom is -0.353 e. The summed E-state index contributed by atoms with van der Waals surface area (Å²) in [6.45, 7) is 0.647. The minimum absolute atomic E-state index is 0.0753. The van der Waals surface area contributed by atoms with Crippen molar-refractivity contribution >= 4 is 29.1 Å². The van der Waals surface area contributed by atoms with E-state index < -0.39 is 0 Å². The van der Waals surface area contributed by atoms with Gasteiger partial charge >= 0.3 is 0 Å². The maximum atomic E-state index is 12.1. The number of aryl methyl sites for hydroxylation is 1. The summed E-state index contributed by atoms with van der Waals surface area (Å²) in [5.41, 5.74) is 6.74. The quantitative estimate of drug-likeness (QED) is 0.868. The average molecular weight is 329 g/mol. The molecule has 0 saturated heterocycles. The van der Waals surface area contributed by atoms with Gasteiger partial charge in [-0.3, -0.25) is 4.79 Å². The van der Waals surface area contributed by atoms with Gasteiger partial charge in [0.2, 0.25) is 5.91 Å². The lowest BCUT2D eigenvalue weighted by molar-refractivity contribution is -0.122. The molecule has 3 nitrogen and oxygen atoms in total. The van der Waals surface area contributed by atoms with Crippen LogP contribution in [0.5, 0.6) is 0 Å². The average Bonchev–Trinajstić information content (AvgIpc) is 2.47. The summed E-state index contributed by atoms with van der Waals surface area (Å²) in [7, 11) is 0. The van der Waals surface area contributed by atoms with E-state index in [1.165, 1.54) is 12.8 Å².